The summed E-state index contributed by atoms with van der Waals surface area (Å²) < 4.78 is 5.74. The van der Waals surface area contributed by atoms with Crippen LogP contribution in [0.4, 0.5) is 0 Å². The lowest BCUT2D eigenvalue weighted by Crippen LogP contribution is -2.55. The van der Waals surface area contributed by atoms with Crippen molar-refractivity contribution in [2.75, 3.05) is 26.7 Å². The number of amides is 1. The number of carbonyl (C=O) groups excluding carboxylic acids is 1. The molecule has 188 valence electrons. The summed E-state index contributed by atoms with van der Waals surface area (Å²) in [4.78, 5) is 16.8. The first-order valence-electron chi connectivity index (χ1n) is 13.9. The molecule has 2 aromatic rings. The number of nitrogens with one attached hydrogen (secondary N) is 1. The zero-order valence-corrected chi connectivity index (χ0v) is 21.8. The average Bonchev–Trinajstić information content (AvgIpc) is 3.33. The minimum Gasteiger partial charge on any atom is -0.496 e. The number of nitrogens with zero attached hydrogens (tertiary/aromatic N) is 1. The number of rotatable bonds is 6. The molecule has 1 N–H and O–H groups in total. The van der Waals surface area contributed by atoms with Crippen LogP contribution in [0, 0.1) is 11.8 Å². The quantitative estimate of drug-likeness (QED) is 0.584. The summed E-state index contributed by atoms with van der Waals surface area (Å²) in [6, 6.07) is 17.7. The monoisotopic (exact) mass is 474 g/mol. The van der Waals surface area contributed by atoms with Gasteiger partial charge in [0.25, 0.3) is 0 Å². The number of piperidine rings is 1. The largest absolute Gasteiger partial charge is 0.496 e. The van der Waals surface area contributed by atoms with E-state index in [0.717, 1.165) is 70.3 Å². The first-order valence-corrected chi connectivity index (χ1v) is 13.9. The average molecular weight is 475 g/mol. The summed E-state index contributed by atoms with van der Waals surface area (Å²) in [5.74, 6) is 2.46. The molecule has 2 aliphatic heterocycles. The fraction of sp³-hybridized carbons (Fsp3) is 0.581. The standard InChI is InChI=1S/C31H42N2O2/c1-4-22(5-2)28-19-24(23-11-7-6-8-12-23)16-18-33(28)30(34)27-20-32-21-31(27)17-10-13-25-26(31)14-9-15-29(25)35-3/h6-9,11-12,14-15,22,24,27-28,32H,4-5,10,13,16-21H2,1-3H3. The molecule has 5 rings (SSSR count). The minimum atomic E-state index is -0.117. The SMILES string of the molecule is CCC(CC)C1CC(c2ccccc2)CCN1C(=O)C1CNCC12CCCc1c(OC)cccc12. The van der Waals surface area contributed by atoms with Gasteiger partial charge in [0.05, 0.1) is 13.0 Å². The van der Waals surface area contributed by atoms with Crippen molar-refractivity contribution < 1.29 is 9.53 Å². The smallest absolute Gasteiger partial charge is 0.228 e. The Morgan fingerprint density at radius 2 is 1.94 bits per heavy atom. The fourth-order valence-corrected chi connectivity index (χ4v) is 7.60. The van der Waals surface area contributed by atoms with Gasteiger partial charge in [-0.3, -0.25) is 4.79 Å². The van der Waals surface area contributed by atoms with E-state index in [-0.39, 0.29) is 11.3 Å². The normalized spacial score (nSPS) is 28.3. The van der Waals surface area contributed by atoms with Crippen molar-refractivity contribution in [3.63, 3.8) is 0 Å². The summed E-state index contributed by atoms with van der Waals surface area (Å²) in [5.41, 5.74) is 3.99. The van der Waals surface area contributed by atoms with Crippen LogP contribution in [0.2, 0.25) is 0 Å². The number of fused-ring (bicyclic) bond motifs is 2. The van der Waals surface area contributed by atoms with Crippen LogP contribution in [0.25, 0.3) is 0 Å². The van der Waals surface area contributed by atoms with E-state index in [9.17, 15) is 4.79 Å². The number of methoxy groups -OCH3 is 1. The maximum atomic E-state index is 14.5. The van der Waals surface area contributed by atoms with Crippen LogP contribution in [0.5, 0.6) is 5.75 Å². The van der Waals surface area contributed by atoms with Gasteiger partial charge in [-0.05, 0) is 66.7 Å². The maximum Gasteiger partial charge on any atom is 0.228 e. The van der Waals surface area contributed by atoms with Crippen LogP contribution in [0.3, 0.4) is 0 Å². The maximum absolute atomic E-state index is 14.5. The molecule has 4 unspecified atom stereocenters. The topological polar surface area (TPSA) is 41.6 Å². The van der Waals surface area contributed by atoms with Gasteiger partial charge in [-0.15, -0.1) is 0 Å². The van der Waals surface area contributed by atoms with Gasteiger partial charge in [-0.25, -0.2) is 0 Å². The van der Waals surface area contributed by atoms with Crippen LogP contribution in [0.15, 0.2) is 48.5 Å². The third kappa shape index (κ3) is 4.28. The molecule has 1 spiro atoms. The van der Waals surface area contributed by atoms with E-state index in [0.29, 0.717) is 23.8 Å². The zero-order chi connectivity index (χ0) is 24.4. The van der Waals surface area contributed by atoms with Gasteiger partial charge >= 0.3 is 0 Å². The first kappa shape index (κ1) is 24.4. The van der Waals surface area contributed by atoms with E-state index < -0.39 is 0 Å². The Morgan fingerprint density at radius 3 is 2.69 bits per heavy atom. The highest BCUT2D eigenvalue weighted by atomic mass is 16.5. The second kappa shape index (κ2) is 10.3. The van der Waals surface area contributed by atoms with E-state index in [1.807, 2.05) is 0 Å². The Hall–Kier alpha value is -2.33. The van der Waals surface area contributed by atoms with Gasteiger partial charge in [0.2, 0.25) is 5.91 Å². The van der Waals surface area contributed by atoms with Gasteiger partial charge in [0, 0.05) is 31.1 Å². The zero-order valence-electron chi connectivity index (χ0n) is 21.8. The second-order valence-corrected chi connectivity index (χ2v) is 11.0. The Labute approximate surface area is 211 Å². The highest BCUT2D eigenvalue weighted by Gasteiger charge is 2.52. The van der Waals surface area contributed by atoms with Crippen molar-refractivity contribution in [3.8, 4) is 5.75 Å². The lowest BCUT2D eigenvalue weighted by Gasteiger charge is -2.47. The van der Waals surface area contributed by atoms with Gasteiger partial charge in [0.1, 0.15) is 5.75 Å². The lowest BCUT2D eigenvalue weighted by molar-refractivity contribution is -0.142. The minimum absolute atomic E-state index is 0.00112. The van der Waals surface area contributed by atoms with Crippen molar-refractivity contribution >= 4 is 5.91 Å². The molecular weight excluding hydrogens is 432 g/mol. The lowest BCUT2D eigenvalue weighted by atomic mass is 9.63. The summed E-state index contributed by atoms with van der Waals surface area (Å²) >= 11 is 0. The molecule has 0 saturated carbocycles. The van der Waals surface area contributed by atoms with Crippen LogP contribution >= 0.6 is 0 Å². The van der Waals surface area contributed by atoms with Crippen LogP contribution < -0.4 is 10.1 Å². The van der Waals surface area contributed by atoms with Crippen LogP contribution in [-0.4, -0.2) is 43.6 Å². The molecule has 4 atom stereocenters. The molecule has 2 aromatic carbocycles. The molecule has 0 aromatic heterocycles. The van der Waals surface area contributed by atoms with Crippen molar-refractivity contribution in [2.24, 2.45) is 11.8 Å². The van der Waals surface area contributed by atoms with E-state index >= 15 is 0 Å². The number of carbonyl (C=O) groups is 1. The second-order valence-electron chi connectivity index (χ2n) is 11.0. The predicted molar refractivity (Wildman–Crippen MR) is 142 cm³/mol. The summed E-state index contributed by atoms with van der Waals surface area (Å²) in [6.07, 6.45) is 7.63. The van der Waals surface area contributed by atoms with Crippen molar-refractivity contribution in [1.29, 1.82) is 0 Å². The third-order valence-corrected chi connectivity index (χ3v) is 9.48. The van der Waals surface area contributed by atoms with Gasteiger partial charge < -0.3 is 15.0 Å². The van der Waals surface area contributed by atoms with E-state index in [4.69, 9.17) is 4.74 Å². The molecular formula is C31H42N2O2. The number of hydrogen-bond donors (Lipinski definition) is 1. The highest BCUT2D eigenvalue weighted by Crippen LogP contribution is 2.48. The molecule has 4 heteroatoms. The molecule has 1 aliphatic carbocycles. The summed E-state index contributed by atoms with van der Waals surface area (Å²) in [5, 5.41) is 3.65. The molecule has 35 heavy (non-hydrogen) atoms. The Kier molecular flexibility index (Phi) is 7.20. The molecule has 2 fully saturated rings. The van der Waals surface area contributed by atoms with E-state index in [2.05, 4.69) is 72.6 Å². The van der Waals surface area contributed by atoms with Gasteiger partial charge in [-0.1, -0.05) is 69.2 Å². The summed E-state index contributed by atoms with van der Waals surface area (Å²) in [7, 11) is 1.77. The van der Waals surface area contributed by atoms with Crippen LogP contribution in [-0.2, 0) is 16.6 Å². The number of benzene rings is 2. The first-order chi connectivity index (χ1) is 17.1. The summed E-state index contributed by atoms with van der Waals surface area (Å²) in [6.45, 7) is 7.14. The van der Waals surface area contributed by atoms with E-state index in [1.54, 1.807) is 7.11 Å². The van der Waals surface area contributed by atoms with E-state index in [1.165, 1.54) is 16.7 Å². The third-order valence-electron chi connectivity index (χ3n) is 9.48. The Bertz CT molecular complexity index is 1020. The Morgan fingerprint density at radius 1 is 1.14 bits per heavy atom. The fourth-order valence-electron chi connectivity index (χ4n) is 7.60. The van der Waals surface area contributed by atoms with Crippen molar-refractivity contribution in [2.45, 2.75) is 76.2 Å². The molecule has 0 radical (unpaired) electrons. The molecule has 2 saturated heterocycles. The van der Waals surface area contributed by atoms with Crippen LogP contribution in [0.1, 0.15) is 75.0 Å². The Balaban J connectivity index is 1.46. The number of hydrogen-bond acceptors (Lipinski definition) is 3. The molecule has 4 nitrogen and oxygen atoms in total. The highest BCUT2D eigenvalue weighted by molar-refractivity contribution is 5.82. The molecule has 0 bridgehead atoms. The number of ether oxygens (including phenoxy) is 1. The van der Waals surface area contributed by atoms with Crippen molar-refractivity contribution in [3.05, 3.63) is 65.2 Å². The molecule has 3 aliphatic rings. The van der Waals surface area contributed by atoms with Gasteiger partial charge in [0.15, 0.2) is 0 Å². The number of likely N-dealkylation sites (tertiary alicyclic amines) is 1. The molecule has 2 heterocycles. The van der Waals surface area contributed by atoms with Gasteiger partial charge in [-0.2, -0.15) is 0 Å². The molecule has 1 amide bonds. The predicted octanol–water partition coefficient (Wildman–Crippen LogP) is 5.70. The van der Waals surface area contributed by atoms with Crippen molar-refractivity contribution in [1.82, 2.24) is 10.2 Å².